The standard InChI is InChI=1S/C33H51N9O10P2SSi/c1-20(2)15-36-32-40-29-26(30(44)41-32)38-19-42(29)31-28(27(24(16-43)49-31)52-56(6,7)33(3,4)5)51-54(55,47-12-8-10-34)48-17-21-13-22(14-23(21)50-53(45)46)39-25-9-11-35-18-37-25/h9,11,18-24,27-28,31,43H,8,12-17H2,1-7H3,(H3-,35,36,37,39,40,41,44,45,46)/p+1/t21-,22-,23+,24-,27-,28-,31-,54-/m1/s1. The quantitative estimate of drug-likeness (QED) is 0.0620. The Kier molecular flexibility index (Phi) is 14.9. The molecule has 0 spiro atoms. The Morgan fingerprint density at radius 1 is 1.25 bits per heavy atom. The van der Waals surface area contributed by atoms with E-state index in [2.05, 4.69) is 69.4 Å². The molecule has 0 radical (unpaired) electrons. The highest BCUT2D eigenvalue weighted by Crippen LogP contribution is 2.56. The van der Waals surface area contributed by atoms with E-state index in [4.69, 9.17) is 39.1 Å². The number of aliphatic hydroxyl groups excluding tert-OH is 1. The summed E-state index contributed by atoms with van der Waals surface area (Å²) in [6.07, 6.45) is 0.518. The topological polar surface area (TPSA) is 250 Å². The summed E-state index contributed by atoms with van der Waals surface area (Å²) in [6.45, 7) is 10.4. The molecule has 0 bridgehead atoms. The van der Waals surface area contributed by atoms with Crippen molar-refractivity contribution in [1.82, 2.24) is 29.5 Å². The lowest BCUT2D eigenvalue weighted by atomic mass is 10.1. The van der Waals surface area contributed by atoms with Crippen LogP contribution in [-0.2, 0) is 43.6 Å². The Labute approximate surface area is 332 Å². The summed E-state index contributed by atoms with van der Waals surface area (Å²) in [7, 11) is -5.53. The fourth-order valence-electron chi connectivity index (χ4n) is 6.19. The van der Waals surface area contributed by atoms with Gasteiger partial charge in [0.05, 0.1) is 38.6 Å². The molecule has 0 amide bonds. The minimum Gasteiger partial charge on any atom is -0.408 e. The molecule has 9 atom stereocenters. The van der Waals surface area contributed by atoms with Crippen LogP contribution in [0.3, 0.4) is 0 Å². The van der Waals surface area contributed by atoms with Gasteiger partial charge in [0.2, 0.25) is 5.95 Å². The zero-order chi connectivity index (χ0) is 40.8. The van der Waals surface area contributed by atoms with Crippen LogP contribution in [0.2, 0.25) is 18.1 Å². The van der Waals surface area contributed by atoms with Crippen LogP contribution >= 0.6 is 15.0 Å². The predicted molar refractivity (Wildman–Crippen MR) is 213 cm³/mol. The second-order valence-corrected chi connectivity index (χ2v) is 24.1. The van der Waals surface area contributed by atoms with E-state index < -0.39 is 72.0 Å². The number of anilines is 2. The van der Waals surface area contributed by atoms with Gasteiger partial charge in [-0.3, -0.25) is 18.9 Å². The summed E-state index contributed by atoms with van der Waals surface area (Å²) < 4.78 is 51.5. The molecule has 1 saturated carbocycles. The van der Waals surface area contributed by atoms with Crippen molar-refractivity contribution >= 4 is 58.0 Å². The normalized spacial score (nSPS) is 25.7. The third kappa shape index (κ3) is 11.0. The number of hydrogen-bond acceptors (Lipinski definition) is 17. The SMILES string of the molecule is CC(C)CNc1nc2c(ncn2[C@@H]2O[C@H](CO)[C@@H](O[Si](C)(C)C(C)(C)C)[C@H]2O[P@@](=S)(OCCC#N)OC[C@H]2C[C@@H](Nc3ccncn3)C[C@@H]2O[P+](=O)O)c(=O)[nH]1. The molecule has 5 rings (SSSR count). The third-order valence-corrected chi connectivity index (χ3v) is 17.3. The molecule has 56 heavy (non-hydrogen) atoms. The second kappa shape index (κ2) is 18.8. The zero-order valence-electron chi connectivity index (χ0n) is 32.5. The summed E-state index contributed by atoms with van der Waals surface area (Å²) >= 11 is 6.06. The predicted octanol–water partition coefficient (Wildman–Crippen LogP) is 4.74. The van der Waals surface area contributed by atoms with Gasteiger partial charge in [0, 0.05) is 29.3 Å². The molecule has 5 N–H and O–H groups in total. The van der Waals surface area contributed by atoms with E-state index in [9.17, 15) is 24.6 Å². The van der Waals surface area contributed by atoms with Crippen LogP contribution in [0.15, 0.2) is 29.7 Å². The molecule has 3 aromatic rings. The minimum atomic E-state index is -3.83. The molecule has 308 valence electrons. The van der Waals surface area contributed by atoms with Gasteiger partial charge in [0.25, 0.3) is 5.56 Å². The van der Waals surface area contributed by atoms with Crippen LogP contribution in [0.4, 0.5) is 11.8 Å². The summed E-state index contributed by atoms with van der Waals surface area (Å²) in [4.78, 5) is 42.8. The van der Waals surface area contributed by atoms with Crippen molar-refractivity contribution in [1.29, 1.82) is 5.26 Å². The smallest absolute Gasteiger partial charge is 0.408 e. The van der Waals surface area contributed by atoms with Crippen LogP contribution in [0.5, 0.6) is 0 Å². The van der Waals surface area contributed by atoms with Gasteiger partial charge in [0.15, 0.2) is 25.7 Å². The Balaban J connectivity index is 1.50. The van der Waals surface area contributed by atoms with Gasteiger partial charge in [0.1, 0.15) is 36.6 Å². The Hall–Kier alpha value is -2.83. The largest absolute Gasteiger partial charge is 0.695 e. The summed E-state index contributed by atoms with van der Waals surface area (Å²) in [5.41, 5.74) is -0.228. The molecule has 23 heteroatoms. The maximum Gasteiger partial charge on any atom is 0.695 e. The van der Waals surface area contributed by atoms with Crippen LogP contribution < -0.4 is 16.2 Å². The summed E-state index contributed by atoms with van der Waals surface area (Å²) in [6, 6.07) is 3.56. The van der Waals surface area contributed by atoms with Crippen molar-refractivity contribution in [2.24, 2.45) is 11.8 Å². The van der Waals surface area contributed by atoms with Crippen molar-refractivity contribution < 1.29 is 41.8 Å². The number of fused-ring (bicyclic) bond motifs is 1. The van der Waals surface area contributed by atoms with Crippen molar-refractivity contribution in [3.63, 3.8) is 0 Å². The fraction of sp³-hybridized carbons (Fsp3) is 0.697. The average Bonchev–Trinajstić information content (AvgIpc) is 3.81. The molecular formula is C33H52N9O10P2SSi+. The van der Waals surface area contributed by atoms with Crippen LogP contribution in [0, 0.1) is 23.2 Å². The molecular weight excluding hydrogens is 805 g/mol. The molecule has 19 nitrogen and oxygen atoms in total. The first kappa shape index (κ1) is 44.3. The average molecular weight is 857 g/mol. The lowest BCUT2D eigenvalue weighted by Gasteiger charge is -2.41. The Morgan fingerprint density at radius 3 is 2.66 bits per heavy atom. The second-order valence-electron chi connectivity index (χ2n) is 15.7. The first-order valence-electron chi connectivity index (χ1n) is 18.4. The summed E-state index contributed by atoms with van der Waals surface area (Å²) in [5.74, 6) is 0.645. The van der Waals surface area contributed by atoms with Crippen LogP contribution in [0.25, 0.3) is 11.2 Å². The monoisotopic (exact) mass is 856 g/mol. The highest BCUT2D eigenvalue weighted by Gasteiger charge is 2.54. The van der Waals surface area contributed by atoms with Crippen LogP contribution in [0.1, 0.15) is 60.1 Å². The molecule has 3 aromatic heterocycles. The molecule has 0 aromatic carbocycles. The lowest BCUT2D eigenvalue weighted by Crippen LogP contribution is -2.50. The van der Waals surface area contributed by atoms with Gasteiger partial charge in [-0.05, 0) is 54.8 Å². The molecule has 4 heterocycles. The van der Waals surface area contributed by atoms with Crippen molar-refractivity contribution in [3.05, 3.63) is 35.3 Å². The third-order valence-electron chi connectivity index (χ3n) is 10.0. The maximum absolute atomic E-state index is 13.2. The van der Waals surface area contributed by atoms with E-state index in [-0.39, 0.29) is 53.7 Å². The number of nitrogens with one attached hydrogen (secondary N) is 3. The number of aromatic amines is 1. The number of ether oxygens (including phenoxy) is 1. The van der Waals surface area contributed by atoms with Crippen LogP contribution in [-0.4, -0.2) is 105 Å². The van der Waals surface area contributed by atoms with Crippen molar-refractivity contribution in [2.45, 2.75) is 109 Å². The minimum absolute atomic E-state index is 0.0189. The Morgan fingerprint density at radius 2 is 2.02 bits per heavy atom. The lowest BCUT2D eigenvalue weighted by molar-refractivity contribution is -0.0502. The Bertz CT molecular complexity index is 1950. The van der Waals surface area contributed by atoms with Crippen molar-refractivity contribution in [3.8, 4) is 6.07 Å². The number of H-pyrrole nitrogens is 1. The number of aliphatic hydroxyl groups is 1. The number of nitrogens with zero attached hydrogens (tertiary/aromatic N) is 6. The number of aromatic nitrogens is 6. The van der Waals surface area contributed by atoms with Gasteiger partial charge in [-0.15, -0.1) is 9.42 Å². The zero-order valence-corrected chi connectivity index (χ0v) is 36.1. The molecule has 1 aliphatic heterocycles. The number of imidazole rings is 1. The van der Waals surface area contributed by atoms with E-state index in [0.717, 1.165) is 0 Å². The van der Waals surface area contributed by atoms with E-state index in [1.54, 1.807) is 16.8 Å². The van der Waals surface area contributed by atoms with E-state index in [1.165, 1.54) is 12.7 Å². The molecule has 1 saturated heterocycles. The molecule has 1 unspecified atom stereocenters. The first-order chi connectivity index (χ1) is 26.4. The molecule has 2 aliphatic rings. The van der Waals surface area contributed by atoms with E-state index in [0.29, 0.717) is 25.2 Å². The van der Waals surface area contributed by atoms with Gasteiger partial charge >= 0.3 is 15.0 Å². The molecule has 1 aliphatic carbocycles. The van der Waals surface area contributed by atoms with Gasteiger partial charge in [-0.25, -0.2) is 15.0 Å². The first-order valence-corrected chi connectivity index (χ1v) is 25.0. The van der Waals surface area contributed by atoms with Gasteiger partial charge < -0.3 is 34.0 Å². The maximum atomic E-state index is 13.2. The number of hydrogen-bond donors (Lipinski definition) is 5. The van der Waals surface area contributed by atoms with E-state index >= 15 is 0 Å². The highest BCUT2D eigenvalue weighted by molar-refractivity contribution is 8.07. The number of nitriles is 1. The van der Waals surface area contributed by atoms with Crippen molar-refractivity contribution in [2.75, 3.05) is 37.0 Å². The highest BCUT2D eigenvalue weighted by atomic mass is 32.5. The summed E-state index contributed by atoms with van der Waals surface area (Å²) in [5, 5.41) is 26.3. The fourth-order valence-corrected chi connectivity index (χ4v) is 10.1. The van der Waals surface area contributed by atoms with E-state index in [1.807, 2.05) is 19.9 Å². The van der Waals surface area contributed by atoms with Gasteiger partial charge in [-0.2, -0.15) is 10.2 Å². The van der Waals surface area contributed by atoms with Gasteiger partial charge in [-0.1, -0.05) is 34.6 Å². The number of rotatable bonds is 19. The molecule has 2 fully saturated rings.